The van der Waals surface area contributed by atoms with Gasteiger partial charge in [0, 0.05) is 42.7 Å². The first-order valence-corrected chi connectivity index (χ1v) is 9.38. The lowest BCUT2D eigenvalue weighted by Gasteiger charge is -2.38. The summed E-state index contributed by atoms with van der Waals surface area (Å²) >= 11 is 6.36. The van der Waals surface area contributed by atoms with E-state index in [-0.39, 0.29) is 5.41 Å². The molecular formula is C20H28ClN3O. The SMILES string of the molecule is C[C@H](c1ccccc1Cl)N1CCN(Cc2ncc(C(C)(C)C)o2)CC1. The number of rotatable bonds is 4. The van der Waals surface area contributed by atoms with Gasteiger partial charge >= 0.3 is 0 Å². The highest BCUT2D eigenvalue weighted by atomic mass is 35.5. The first-order valence-electron chi connectivity index (χ1n) is 9.00. The van der Waals surface area contributed by atoms with Crippen molar-refractivity contribution >= 4 is 11.6 Å². The van der Waals surface area contributed by atoms with Gasteiger partial charge in [0.2, 0.25) is 5.89 Å². The van der Waals surface area contributed by atoms with E-state index in [1.165, 1.54) is 5.56 Å². The van der Waals surface area contributed by atoms with Crippen molar-refractivity contribution < 1.29 is 4.42 Å². The number of hydrogen-bond acceptors (Lipinski definition) is 4. The Morgan fingerprint density at radius 2 is 1.84 bits per heavy atom. The Hall–Kier alpha value is -1.36. The Morgan fingerprint density at radius 1 is 1.16 bits per heavy atom. The fourth-order valence-corrected chi connectivity index (χ4v) is 3.53. The van der Waals surface area contributed by atoms with Crippen molar-refractivity contribution in [1.82, 2.24) is 14.8 Å². The number of benzene rings is 1. The van der Waals surface area contributed by atoms with Gasteiger partial charge in [0.25, 0.3) is 0 Å². The molecule has 0 bridgehead atoms. The zero-order valence-electron chi connectivity index (χ0n) is 15.6. The Bertz CT molecular complexity index is 699. The summed E-state index contributed by atoms with van der Waals surface area (Å²) in [6.45, 7) is 13.5. The number of oxazole rings is 1. The molecule has 2 heterocycles. The van der Waals surface area contributed by atoms with Crippen molar-refractivity contribution in [3.05, 3.63) is 52.7 Å². The van der Waals surface area contributed by atoms with E-state index in [0.29, 0.717) is 6.04 Å². The van der Waals surface area contributed by atoms with Crippen LogP contribution >= 0.6 is 11.6 Å². The van der Waals surface area contributed by atoms with Crippen LogP contribution < -0.4 is 0 Å². The zero-order valence-corrected chi connectivity index (χ0v) is 16.4. The first-order chi connectivity index (χ1) is 11.8. The van der Waals surface area contributed by atoms with Crippen LogP contribution in [0.15, 0.2) is 34.9 Å². The summed E-state index contributed by atoms with van der Waals surface area (Å²) in [6, 6.07) is 8.48. The molecule has 4 nitrogen and oxygen atoms in total. The van der Waals surface area contributed by atoms with Crippen LogP contribution in [0.4, 0.5) is 0 Å². The quantitative estimate of drug-likeness (QED) is 0.802. The fourth-order valence-electron chi connectivity index (χ4n) is 3.24. The maximum atomic E-state index is 6.36. The molecule has 1 fully saturated rings. The maximum Gasteiger partial charge on any atom is 0.208 e. The molecule has 25 heavy (non-hydrogen) atoms. The van der Waals surface area contributed by atoms with Gasteiger partial charge < -0.3 is 4.42 Å². The highest BCUT2D eigenvalue weighted by Gasteiger charge is 2.25. The molecule has 1 saturated heterocycles. The molecule has 2 aromatic rings. The fraction of sp³-hybridized carbons (Fsp3) is 0.550. The summed E-state index contributed by atoms with van der Waals surface area (Å²) in [5.74, 6) is 1.77. The molecule has 5 heteroatoms. The first kappa shape index (κ1) is 18.4. The summed E-state index contributed by atoms with van der Waals surface area (Å²) in [5.41, 5.74) is 1.22. The molecule has 0 amide bonds. The maximum absolute atomic E-state index is 6.36. The summed E-state index contributed by atoms with van der Waals surface area (Å²) in [7, 11) is 0. The van der Waals surface area contributed by atoms with Crippen molar-refractivity contribution in [2.75, 3.05) is 26.2 Å². The van der Waals surface area contributed by atoms with E-state index in [1.807, 2.05) is 18.3 Å². The van der Waals surface area contributed by atoms with Crippen LogP contribution in [-0.4, -0.2) is 41.0 Å². The van der Waals surface area contributed by atoms with Crippen LogP contribution in [-0.2, 0) is 12.0 Å². The molecule has 1 atom stereocenters. The van der Waals surface area contributed by atoms with Gasteiger partial charge in [-0.1, -0.05) is 50.6 Å². The average molecular weight is 362 g/mol. The van der Waals surface area contributed by atoms with Gasteiger partial charge in [0.1, 0.15) is 5.76 Å². The second-order valence-corrected chi connectivity index (χ2v) is 8.29. The van der Waals surface area contributed by atoms with Crippen molar-refractivity contribution in [3.63, 3.8) is 0 Å². The molecule has 1 aromatic carbocycles. The molecule has 136 valence electrons. The minimum absolute atomic E-state index is 0.00827. The summed E-state index contributed by atoms with van der Waals surface area (Å²) in [4.78, 5) is 9.36. The van der Waals surface area contributed by atoms with E-state index in [1.54, 1.807) is 0 Å². The van der Waals surface area contributed by atoms with Crippen LogP contribution in [0.1, 0.15) is 51.0 Å². The highest BCUT2D eigenvalue weighted by molar-refractivity contribution is 6.31. The monoisotopic (exact) mass is 361 g/mol. The third kappa shape index (κ3) is 4.43. The van der Waals surface area contributed by atoms with E-state index in [2.05, 4.69) is 54.6 Å². The summed E-state index contributed by atoms with van der Waals surface area (Å²) in [5, 5.41) is 0.854. The highest BCUT2D eigenvalue weighted by Crippen LogP contribution is 2.28. The standard InChI is InChI=1S/C20H28ClN3O/c1-15(16-7-5-6-8-17(16)21)24-11-9-23(10-12-24)14-19-22-13-18(25-19)20(2,3)4/h5-8,13,15H,9-12,14H2,1-4H3/t15-/m1/s1. The zero-order chi connectivity index (χ0) is 18.0. The van der Waals surface area contributed by atoms with E-state index in [4.69, 9.17) is 16.0 Å². The van der Waals surface area contributed by atoms with Crippen molar-refractivity contribution in [2.24, 2.45) is 0 Å². The van der Waals surface area contributed by atoms with E-state index < -0.39 is 0 Å². The minimum Gasteiger partial charge on any atom is -0.444 e. The molecule has 0 aliphatic carbocycles. The summed E-state index contributed by atoms with van der Waals surface area (Å²) < 4.78 is 5.93. The number of hydrogen-bond donors (Lipinski definition) is 0. The van der Waals surface area contributed by atoms with E-state index >= 15 is 0 Å². The van der Waals surface area contributed by atoms with Crippen LogP contribution in [0.5, 0.6) is 0 Å². The lowest BCUT2D eigenvalue weighted by molar-refractivity contribution is 0.0915. The average Bonchev–Trinajstić information content (AvgIpc) is 3.04. The number of halogens is 1. The van der Waals surface area contributed by atoms with Crippen LogP contribution in [0.2, 0.25) is 5.02 Å². The lowest BCUT2D eigenvalue weighted by atomic mass is 9.94. The van der Waals surface area contributed by atoms with Crippen LogP contribution in [0.3, 0.4) is 0 Å². The predicted octanol–water partition coefficient (Wildman–Crippen LogP) is 4.50. The third-order valence-electron chi connectivity index (χ3n) is 4.96. The molecule has 0 N–H and O–H groups in total. The smallest absolute Gasteiger partial charge is 0.208 e. The molecule has 1 aliphatic heterocycles. The van der Waals surface area contributed by atoms with Crippen molar-refractivity contribution in [2.45, 2.75) is 45.7 Å². The molecular weight excluding hydrogens is 334 g/mol. The predicted molar refractivity (Wildman–Crippen MR) is 102 cm³/mol. The largest absolute Gasteiger partial charge is 0.444 e. The molecule has 0 radical (unpaired) electrons. The molecule has 1 aliphatic rings. The molecule has 1 aromatic heterocycles. The third-order valence-corrected chi connectivity index (χ3v) is 5.31. The second kappa shape index (κ2) is 7.48. The van der Waals surface area contributed by atoms with E-state index in [0.717, 1.165) is 49.4 Å². The molecule has 0 saturated carbocycles. The molecule has 3 rings (SSSR count). The van der Waals surface area contributed by atoms with Gasteiger partial charge in [-0.2, -0.15) is 0 Å². The van der Waals surface area contributed by atoms with Gasteiger partial charge in [-0.25, -0.2) is 4.98 Å². The Kier molecular flexibility index (Phi) is 5.52. The Labute approximate surface area is 155 Å². The lowest BCUT2D eigenvalue weighted by Crippen LogP contribution is -2.46. The Morgan fingerprint density at radius 3 is 2.44 bits per heavy atom. The van der Waals surface area contributed by atoms with Gasteiger partial charge in [-0.05, 0) is 18.6 Å². The van der Waals surface area contributed by atoms with Gasteiger partial charge in [-0.3, -0.25) is 9.80 Å². The molecule has 0 spiro atoms. The number of aromatic nitrogens is 1. The number of piperazine rings is 1. The van der Waals surface area contributed by atoms with Gasteiger partial charge in [0.15, 0.2) is 0 Å². The molecule has 0 unspecified atom stereocenters. The van der Waals surface area contributed by atoms with Gasteiger partial charge in [0.05, 0.1) is 12.7 Å². The summed E-state index contributed by atoms with van der Waals surface area (Å²) in [6.07, 6.45) is 1.87. The van der Waals surface area contributed by atoms with Crippen molar-refractivity contribution in [3.8, 4) is 0 Å². The topological polar surface area (TPSA) is 32.5 Å². The minimum atomic E-state index is 0.00827. The van der Waals surface area contributed by atoms with Crippen LogP contribution in [0.25, 0.3) is 0 Å². The van der Waals surface area contributed by atoms with Gasteiger partial charge in [-0.15, -0.1) is 0 Å². The second-order valence-electron chi connectivity index (χ2n) is 7.88. The van der Waals surface area contributed by atoms with Crippen LogP contribution in [0, 0.1) is 0 Å². The normalized spacial score (nSPS) is 18.4. The van der Waals surface area contributed by atoms with E-state index in [9.17, 15) is 0 Å². The Balaban J connectivity index is 1.55. The van der Waals surface area contributed by atoms with Crippen molar-refractivity contribution in [1.29, 1.82) is 0 Å². The number of nitrogens with zero attached hydrogens (tertiary/aromatic N) is 3.